The molecule has 0 bridgehead atoms. The largest absolute Gasteiger partial charge is 0.497 e. The summed E-state index contributed by atoms with van der Waals surface area (Å²) >= 11 is 3.58. The maximum atomic E-state index is 7.46. The van der Waals surface area contributed by atoms with Crippen LogP contribution in [-0.2, 0) is 11.0 Å². The average molecular weight is 603 g/mol. The molecule has 43 heavy (non-hydrogen) atoms. The average Bonchev–Trinajstić information content (AvgIpc) is 3.30. The molecule has 3 nitrogen and oxygen atoms in total. The van der Waals surface area contributed by atoms with E-state index in [2.05, 4.69) is 99.2 Å². The summed E-state index contributed by atoms with van der Waals surface area (Å²) in [4.78, 5) is 2.54. The van der Waals surface area contributed by atoms with Crippen molar-refractivity contribution >= 4 is 40.4 Å². The zero-order chi connectivity index (χ0) is 29.9. The highest BCUT2D eigenvalue weighted by Gasteiger charge is 2.44. The van der Waals surface area contributed by atoms with Crippen molar-refractivity contribution in [1.82, 2.24) is 0 Å². The van der Waals surface area contributed by atoms with E-state index in [-0.39, 0.29) is 5.41 Å². The monoisotopic (exact) mass is 602 g/mol. The van der Waals surface area contributed by atoms with Gasteiger partial charge in [0, 0.05) is 37.3 Å². The predicted molar refractivity (Wildman–Crippen MR) is 182 cm³/mol. The Morgan fingerprint density at radius 2 is 1.26 bits per heavy atom. The lowest BCUT2D eigenvalue weighted by atomic mass is 9.77. The van der Waals surface area contributed by atoms with E-state index in [0.717, 1.165) is 39.3 Å². The van der Waals surface area contributed by atoms with Crippen LogP contribution in [0.4, 0.5) is 0 Å². The second-order valence-corrected chi connectivity index (χ2v) is 13.2. The quantitative estimate of drug-likeness (QED) is 0.180. The fourth-order valence-electron chi connectivity index (χ4n) is 6.93. The lowest BCUT2D eigenvalue weighted by Crippen LogP contribution is -2.35. The molecular formula is C38H34O3S2. The van der Waals surface area contributed by atoms with Gasteiger partial charge in [-0.1, -0.05) is 68.5 Å². The third-order valence-corrected chi connectivity index (χ3v) is 10.8. The van der Waals surface area contributed by atoms with E-state index in [1.54, 1.807) is 37.7 Å². The molecule has 1 aliphatic carbocycles. The van der Waals surface area contributed by atoms with Gasteiger partial charge in [0.25, 0.3) is 0 Å². The Hall–Kier alpha value is -3.80. The highest BCUT2D eigenvalue weighted by molar-refractivity contribution is 8.01. The van der Waals surface area contributed by atoms with Crippen LogP contribution in [-0.4, -0.2) is 26.7 Å². The standard InChI is InChI=1S/C38H34O3S2/c1-37(2)31-10-8-7-9-27(31)34-29-21-32(42-5)33(43-6)22-30(29)36-28(35(34)37)19-20-38(41-36,23-11-15-25(39-3)16-12-23)24-13-17-26(40-4)18-14-24/h7-22H,1-6H3. The van der Waals surface area contributed by atoms with E-state index in [4.69, 9.17) is 14.2 Å². The summed E-state index contributed by atoms with van der Waals surface area (Å²) in [6.07, 6.45) is 8.85. The minimum absolute atomic E-state index is 0.185. The molecule has 1 heterocycles. The Morgan fingerprint density at radius 1 is 0.698 bits per heavy atom. The third-order valence-electron chi connectivity index (χ3n) is 9.08. The molecule has 2 aliphatic rings. The smallest absolute Gasteiger partial charge is 0.178 e. The molecule has 0 radical (unpaired) electrons. The number of thioether (sulfide) groups is 2. The van der Waals surface area contributed by atoms with E-state index in [1.165, 1.54) is 37.4 Å². The van der Waals surface area contributed by atoms with E-state index in [0.29, 0.717) is 0 Å². The summed E-state index contributed by atoms with van der Waals surface area (Å²) in [5, 5.41) is 2.38. The lowest BCUT2D eigenvalue weighted by Gasteiger charge is -2.38. The first-order valence-corrected chi connectivity index (χ1v) is 16.8. The first-order valence-electron chi connectivity index (χ1n) is 14.4. The molecule has 216 valence electrons. The number of ether oxygens (including phenoxy) is 3. The van der Waals surface area contributed by atoms with E-state index >= 15 is 0 Å². The van der Waals surface area contributed by atoms with Crippen molar-refractivity contribution in [2.45, 2.75) is 34.7 Å². The van der Waals surface area contributed by atoms with Gasteiger partial charge in [-0.25, -0.2) is 0 Å². The Bertz CT molecular complexity index is 1860. The highest BCUT2D eigenvalue weighted by atomic mass is 32.2. The van der Waals surface area contributed by atoms with Gasteiger partial charge in [0.1, 0.15) is 17.2 Å². The summed E-state index contributed by atoms with van der Waals surface area (Å²) in [5.74, 6) is 2.54. The van der Waals surface area contributed by atoms with Crippen molar-refractivity contribution in [2.75, 3.05) is 26.7 Å². The summed E-state index contributed by atoms with van der Waals surface area (Å²) in [6.45, 7) is 4.69. The Balaban J connectivity index is 1.57. The van der Waals surface area contributed by atoms with Crippen molar-refractivity contribution in [2.24, 2.45) is 0 Å². The number of rotatable bonds is 6. The molecule has 5 aromatic rings. The first-order chi connectivity index (χ1) is 20.9. The normalized spacial score (nSPS) is 15.4. The maximum absolute atomic E-state index is 7.46. The molecule has 5 heteroatoms. The molecule has 0 saturated carbocycles. The number of fused-ring (bicyclic) bond motifs is 8. The number of hydrogen-bond acceptors (Lipinski definition) is 5. The highest BCUT2D eigenvalue weighted by Crippen LogP contribution is 2.58. The predicted octanol–water partition coefficient (Wildman–Crippen LogP) is 9.96. The SMILES string of the molecule is COc1ccc(C2(c3ccc(OC)cc3)C=Cc3c4c(c5cc(SC)c(SC)cc5c3O2)-c2ccccc2C4(C)C)cc1. The van der Waals surface area contributed by atoms with Crippen molar-refractivity contribution in [1.29, 1.82) is 0 Å². The molecule has 1 aliphatic heterocycles. The molecule has 5 aromatic carbocycles. The second kappa shape index (κ2) is 10.4. The molecule has 0 fully saturated rings. The topological polar surface area (TPSA) is 27.7 Å². The van der Waals surface area contributed by atoms with Gasteiger partial charge in [0.15, 0.2) is 5.60 Å². The first kappa shape index (κ1) is 28.0. The van der Waals surface area contributed by atoms with E-state index < -0.39 is 5.60 Å². The minimum atomic E-state index is -0.847. The zero-order valence-electron chi connectivity index (χ0n) is 25.3. The van der Waals surface area contributed by atoms with Crippen LogP contribution < -0.4 is 14.2 Å². The molecule has 7 rings (SSSR count). The van der Waals surface area contributed by atoms with E-state index in [1.807, 2.05) is 24.3 Å². The summed E-state index contributed by atoms with van der Waals surface area (Å²) < 4.78 is 18.5. The Labute approximate surface area is 262 Å². The second-order valence-electron chi connectivity index (χ2n) is 11.5. The maximum Gasteiger partial charge on any atom is 0.178 e. The number of hydrogen-bond donors (Lipinski definition) is 0. The van der Waals surface area contributed by atoms with Crippen LogP contribution in [0, 0.1) is 0 Å². The van der Waals surface area contributed by atoms with Crippen molar-refractivity contribution in [3.8, 4) is 28.4 Å². The molecule has 0 aromatic heterocycles. The molecule has 0 spiro atoms. The molecular weight excluding hydrogens is 569 g/mol. The zero-order valence-corrected chi connectivity index (χ0v) is 26.9. The number of benzene rings is 5. The summed E-state index contributed by atoms with van der Waals surface area (Å²) in [5.41, 5.74) is 7.51. The van der Waals surface area contributed by atoms with Crippen LogP contribution in [0.5, 0.6) is 17.2 Å². The van der Waals surface area contributed by atoms with Crippen LogP contribution in [0.2, 0.25) is 0 Å². The molecule has 0 N–H and O–H groups in total. The van der Waals surface area contributed by atoms with Gasteiger partial charge in [-0.2, -0.15) is 0 Å². The van der Waals surface area contributed by atoms with Crippen LogP contribution in [0.25, 0.3) is 28.0 Å². The summed E-state index contributed by atoms with van der Waals surface area (Å²) in [6, 6.07) is 30.0. The lowest BCUT2D eigenvalue weighted by molar-refractivity contribution is 0.163. The van der Waals surface area contributed by atoms with Gasteiger partial charge < -0.3 is 14.2 Å². The van der Waals surface area contributed by atoms with Crippen LogP contribution in [0.15, 0.2) is 101 Å². The van der Waals surface area contributed by atoms with Crippen molar-refractivity contribution in [3.63, 3.8) is 0 Å². The molecule has 0 amide bonds. The Kier molecular flexibility index (Phi) is 6.79. The fraction of sp³-hybridized carbons (Fsp3) is 0.211. The van der Waals surface area contributed by atoms with Crippen molar-refractivity contribution in [3.05, 3.63) is 119 Å². The van der Waals surface area contributed by atoms with Crippen LogP contribution in [0.3, 0.4) is 0 Å². The molecule has 0 atom stereocenters. The third kappa shape index (κ3) is 4.12. The fourth-order valence-corrected chi connectivity index (χ4v) is 8.42. The van der Waals surface area contributed by atoms with Gasteiger partial charge in [0.2, 0.25) is 0 Å². The van der Waals surface area contributed by atoms with Crippen LogP contribution in [0.1, 0.15) is 41.7 Å². The van der Waals surface area contributed by atoms with Crippen LogP contribution >= 0.6 is 23.5 Å². The summed E-state index contributed by atoms with van der Waals surface area (Å²) in [7, 11) is 3.39. The number of methoxy groups -OCH3 is 2. The Morgan fingerprint density at radius 3 is 1.81 bits per heavy atom. The minimum Gasteiger partial charge on any atom is -0.497 e. The van der Waals surface area contributed by atoms with Crippen molar-refractivity contribution < 1.29 is 14.2 Å². The van der Waals surface area contributed by atoms with Gasteiger partial charge in [-0.15, -0.1) is 23.5 Å². The van der Waals surface area contributed by atoms with E-state index in [9.17, 15) is 0 Å². The van der Waals surface area contributed by atoms with Gasteiger partial charge in [-0.05, 0) is 82.6 Å². The molecule has 0 unspecified atom stereocenters. The van der Waals surface area contributed by atoms with Gasteiger partial charge in [-0.3, -0.25) is 0 Å². The van der Waals surface area contributed by atoms with Gasteiger partial charge in [0.05, 0.1) is 14.2 Å². The molecule has 0 saturated heterocycles. The van der Waals surface area contributed by atoms with Gasteiger partial charge >= 0.3 is 0 Å².